The molecule has 0 radical (unpaired) electrons. The molecule has 4 aromatic carbocycles. The molecule has 11 rings (SSSR count). The zero-order chi connectivity index (χ0) is 42.0. The summed E-state index contributed by atoms with van der Waals surface area (Å²) < 4.78 is 26.9. The maximum absolute atomic E-state index is 6.73. The zero-order valence-electron chi connectivity index (χ0n) is 36.9. The van der Waals surface area contributed by atoms with Crippen LogP contribution in [0.5, 0.6) is 23.0 Å². The summed E-state index contributed by atoms with van der Waals surface area (Å²) in [6, 6.07) is 19.2. The van der Waals surface area contributed by atoms with E-state index in [9.17, 15) is 0 Å². The lowest BCUT2D eigenvalue weighted by Crippen LogP contribution is -2.15. The summed E-state index contributed by atoms with van der Waals surface area (Å²) in [6.45, 7) is 29.7. The van der Waals surface area contributed by atoms with E-state index in [1.807, 2.05) is 0 Å². The van der Waals surface area contributed by atoms with Crippen LogP contribution in [0.3, 0.4) is 0 Å². The summed E-state index contributed by atoms with van der Waals surface area (Å²) >= 11 is 3.58. The van der Waals surface area contributed by atoms with Gasteiger partial charge in [-0.25, -0.2) is 0 Å². The largest absolute Gasteiger partial charge is 0.485 e. The summed E-state index contributed by atoms with van der Waals surface area (Å²) in [4.78, 5) is 12.5. The lowest BCUT2D eigenvalue weighted by atomic mass is 9.83. The maximum atomic E-state index is 6.73. The Labute approximate surface area is 360 Å². The van der Waals surface area contributed by atoms with E-state index >= 15 is 0 Å². The van der Waals surface area contributed by atoms with Gasteiger partial charge in [0.2, 0.25) is 0 Å². The minimum atomic E-state index is -0.111. The second-order valence-corrected chi connectivity index (χ2v) is 23.3. The number of fused-ring (bicyclic) bond motifs is 4. The van der Waals surface area contributed by atoms with Crippen LogP contribution in [0.2, 0.25) is 0 Å². The minimum Gasteiger partial charge on any atom is -0.485 e. The fraction of sp³-hybridized carbons (Fsp3) is 0.385. The second-order valence-electron chi connectivity index (χ2n) is 21.3. The Hall–Kier alpha value is -4.92. The van der Waals surface area contributed by atoms with Crippen molar-refractivity contribution in [2.24, 2.45) is 0 Å². The highest BCUT2D eigenvalue weighted by Crippen LogP contribution is 2.60. The van der Waals surface area contributed by atoms with Gasteiger partial charge in [0.1, 0.15) is 26.4 Å². The van der Waals surface area contributed by atoms with Crippen molar-refractivity contribution in [1.29, 1.82) is 0 Å². The van der Waals surface area contributed by atoms with Crippen LogP contribution in [0.15, 0.2) is 48.5 Å². The van der Waals surface area contributed by atoms with Gasteiger partial charge in [0.15, 0.2) is 23.0 Å². The maximum Gasteiger partial charge on any atom is 0.180 e. The Bertz CT molecular complexity index is 2730. The predicted molar refractivity (Wildman–Crippen MR) is 253 cm³/mol. The van der Waals surface area contributed by atoms with Crippen molar-refractivity contribution >= 4 is 66.3 Å². The van der Waals surface area contributed by atoms with Crippen LogP contribution in [0.25, 0.3) is 85.4 Å². The van der Waals surface area contributed by atoms with Crippen molar-refractivity contribution in [1.82, 2.24) is 9.97 Å². The molecule has 2 N–H and O–H groups in total. The van der Waals surface area contributed by atoms with Gasteiger partial charge in [-0.3, -0.25) is 0 Å². The van der Waals surface area contributed by atoms with Crippen LogP contribution in [0.1, 0.15) is 105 Å². The summed E-state index contributed by atoms with van der Waals surface area (Å²) in [5.41, 5.74) is 13.6. The quantitative estimate of drug-likeness (QED) is 0.160. The molecular weight excluding hydrogens is 781 g/mol. The molecule has 60 heavy (non-hydrogen) atoms. The zero-order valence-corrected chi connectivity index (χ0v) is 38.5. The average molecular weight is 835 g/mol. The van der Waals surface area contributed by atoms with Crippen molar-refractivity contribution in [3.05, 3.63) is 70.8 Å². The molecule has 308 valence electrons. The molecule has 8 heteroatoms. The number of aromatic amines is 2. The van der Waals surface area contributed by atoms with Gasteiger partial charge in [-0.15, -0.1) is 22.7 Å². The van der Waals surface area contributed by atoms with Gasteiger partial charge in [0, 0.05) is 43.8 Å². The average Bonchev–Trinajstić information content (AvgIpc) is 3.95. The Morgan fingerprint density at radius 2 is 0.567 bits per heavy atom. The topological polar surface area (TPSA) is 68.5 Å². The molecule has 6 nitrogen and oxygen atoms in total. The highest BCUT2D eigenvalue weighted by molar-refractivity contribution is 7.20. The first-order valence-corrected chi connectivity index (χ1v) is 23.0. The van der Waals surface area contributed by atoms with Gasteiger partial charge in [-0.2, -0.15) is 0 Å². The monoisotopic (exact) mass is 834 g/mol. The number of rotatable bonds is 0. The first-order chi connectivity index (χ1) is 28.3. The van der Waals surface area contributed by atoms with Crippen LogP contribution >= 0.6 is 22.7 Å². The Morgan fingerprint density at radius 1 is 0.350 bits per heavy atom. The lowest BCUT2D eigenvalue weighted by molar-refractivity contribution is 0.175. The molecular formula is C52H54N2O4S2. The number of ether oxygens (including phenoxy) is 4. The summed E-state index contributed by atoms with van der Waals surface area (Å²) in [5.74, 6) is 3.32. The standard InChI is InChI=1S/C52H54N2O4S2/c1-49(2,3)25-17-29-30-18-26(50(4,5)6)22-34-38(30)53-37(29)33(21-25)45-41-42(56-14-13-55-41)46(59-45)35-23-27(51(7,8)9)19-31-32-20-28(52(10,11)12)24-36(40(32)54-39(31)35)48-44-43(47(34)60-48)57-15-16-58-44/h17-24,53-54H,13-16H2,1-12H3. The minimum absolute atomic E-state index is 0.111. The molecule has 0 spiro atoms. The summed E-state index contributed by atoms with van der Waals surface area (Å²) in [7, 11) is 0. The van der Waals surface area contributed by atoms with Crippen molar-refractivity contribution in [2.75, 3.05) is 26.4 Å². The van der Waals surface area contributed by atoms with Gasteiger partial charge in [-0.05, 0) is 92.4 Å². The van der Waals surface area contributed by atoms with Gasteiger partial charge in [0.05, 0.1) is 41.6 Å². The van der Waals surface area contributed by atoms with Crippen LogP contribution in [-0.2, 0) is 21.7 Å². The molecule has 0 saturated heterocycles. The van der Waals surface area contributed by atoms with Crippen molar-refractivity contribution in [3.8, 4) is 64.8 Å². The first-order valence-electron chi connectivity index (χ1n) is 21.4. The van der Waals surface area contributed by atoms with E-state index in [0.717, 1.165) is 86.8 Å². The van der Waals surface area contributed by atoms with Gasteiger partial charge >= 0.3 is 0 Å². The molecule has 16 bridgehead atoms. The number of aromatic nitrogens is 2. The summed E-state index contributed by atoms with van der Waals surface area (Å²) in [5, 5.41) is 4.82. The first kappa shape index (κ1) is 38.0. The SMILES string of the molecule is CC(C)(C)c1cc2c3[nH]c4c(cc(C(C)(C)C)cc4c3c1)-c1sc(c3c1OCCO3)-c1cc(C(C)(C)C)cc3c1[nH]c1c(cc(C(C)(C)C)cc13)-c1sc-2c2c1OCCO2. The molecule has 0 unspecified atom stereocenters. The number of benzene rings is 4. The smallest absolute Gasteiger partial charge is 0.180 e. The second kappa shape index (κ2) is 12.3. The molecule has 4 aromatic heterocycles. The molecule has 8 aromatic rings. The van der Waals surface area contributed by atoms with Gasteiger partial charge in [-0.1, -0.05) is 83.1 Å². The Morgan fingerprint density at radius 3 is 0.767 bits per heavy atom. The van der Waals surface area contributed by atoms with E-state index in [1.165, 1.54) is 43.8 Å². The third kappa shape index (κ3) is 5.55. The number of hydrogen-bond acceptors (Lipinski definition) is 6. The highest BCUT2D eigenvalue weighted by Gasteiger charge is 2.35. The molecule has 2 aliphatic heterocycles. The number of hydrogen-bond donors (Lipinski definition) is 2. The third-order valence-electron chi connectivity index (χ3n) is 12.9. The number of thiophene rings is 2. The van der Waals surface area contributed by atoms with Crippen LogP contribution in [-0.4, -0.2) is 36.4 Å². The number of nitrogens with one attached hydrogen (secondary N) is 2. The van der Waals surface area contributed by atoms with E-state index < -0.39 is 0 Å². The predicted octanol–water partition coefficient (Wildman–Crippen LogP) is 14.8. The Kier molecular flexibility index (Phi) is 7.83. The molecule has 1 aliphatic carbocycles. The molecule has 3 aliphatic rings. The fourth-order valence-electron chi connectivity index (χ4n) is 9.27. The van der Waals surface area contributed by atoms with Crippen LogP contribution in [0, 0.1) is 0 Å². The molecule has 6 heterocycles. The molecule has 0 amide bonds. The van der Waals surface area contributed by atoms with E-state index in [2.05, 4.69) is 142 Å². The van der Waals surface area contributed by atoms with E-state index in [1.54, 1.807) is 22.7 Å². The molecule has 0 atom stereocenters. The normalized spacial score (nSPS) is 15.3. The van der Waals surface area contributed by atoms with E-state index in [0.29, 0.717) is 26.4 Å². The van der Waals surface area contributed by atoms with Gasteiger partial charge in [0.25, 0.3) is 0 Å². The van der Waals surface area contributed by atoms with Crippen molar-refractivity contribution < 1.29 is 18.9 Å². The number of H-pyrrole nitrogens is 2. The van der Waals surface area contributed by atoms with Crippen molar-refractivity contribution in [3.63, 3.8) is 0 Å². The van der Waals surface area contributed by atoms with E-state index in [-0.39, 0.29) is 21.7 Å². The Balaban J connectivity index is 1.40. The fourth-order valence-corrected chi connectivity index (χ4v) is 11.7. The molecule has 0 saturated carbocycles. The van der Waals surface area contributed by atoms with Crippen LogP contribution in [0.4, 0.5) is 0 Å². The van der Waals surface area contributed by atoms with Crippen molar-refractivity contribution in [2.45, 2.75) is 105 Å². The summed E-state index contributed by atoms with van der Waals surface area (Å²) in [6.07, 6.45) is 0. The van der Waals surface area contributed by atoms with E-state index in [4.69, 9.17) is 18.9 Å². The molecule has 0 fully saturated rings. The van der Waals surface area contributed by atoms with Crippen LogP contribution < -0.4 is 18.9 Å². The third-order valence-corrected chi connectivity index (χ3v) is 15.3. The lowest BCUT2D eigenvalue weighted by Gasteiger charge is -2.22. The highest BCUT2D eigenvalue weighted by atomic mass is 32.1. The van der Waals surface area contributed by atoms with Gasteiger partial charge < -0.3 is 28.9 Å².